The quantitative estimate of drug-likeness (QED) is 0.629. The summed E-state index contributed by atoms with van der Waals surface area (Å²) < 4.78 is 0. The summed E-state index contributed by atoms with van der Waals surface area (Å²) in [6, 6.07) is 9.14. The molecule has 0 aromatic heterocycles. The van der Waals surface area contributed by atoms with Crippen molar-refractivity contribution in [1.82, 2.24) is 0 Å². The Balaban J connectivity index is 1.84. The fraction of sp³-hybridized carbons (Fsp3) is 0.474. The summed E-state index contributed by atoms with van der Waals surface area (Å²) >= 11 is 0. The van der Waals surface area contributed by atoms with E-state index in [0.717, 1.165) is 17.8 Å². The van der Waals surface area contributed by atoms with Gasteiger partial charge < -0.3 is 0 Å². The minimum absolute atomic E-state index is 0.795. The Labute approximate surface area is 117 Å². The van der Waals surface area contributed by atoms with Gasteiger partial charge >= 0.3 is 0 Å². The number of benzene rings is 1. The van der Waals surface area contributed by atoms with Gasteiger partial charge in [0.05, 0.1) is 0 Å². The van der Waals surface area contributed by atoms with Crippen LogP contribution in [0.2, 0.25) is 0 Å². The second kappa shape index (κ2) is 5.77. The van der Waals surface area contributed by atoms with Gasteiger partial charge in [-0.15, -0.1) is 0 Å². The lowest BCUT2D eigenvalue weighted by Crippen LogP contribution is -2.30. The molecule has 3 atom stereocenters. The van der Waals surface area contributed by atoms with Crippen molar-refractivity contribution in [2.45, 2.75) is 44.9 Å². The first-order valence-electron chi connectivity index (χ1n) is 7.77. The number of allylic oxidation sites excluding steroid dienone is 4. The Hall–Kier alpha value is -1.30. The van der Waals surface area contributed by atoms with Gasteiger partial charge in [-0.1, -0.05) is 55.0 Å². The van der Waals surface area contributed by atoms with Crippen LogP contribution in [-0.4, -0.2) is 0 Å². The van der Waals surface area contributed by atoms with E-state index in [1.807, 2.05) is 0 Å². The molecule has 0 nitrogen and oxygen atoms in total. The molecule has 1 aromatic carbocycles. The summed E-state index contributed by atoms with van der Waals surface area (Å²) in [4.78, 5) is 0. The minimum Gasteiger partial charge on any atom is -0.0877 e. The smallest absolute Gasteiger partial charge is 0.0125 e. The monoisotopic (exact) mass is 252 g/mol. The number of rotatable bonds is 2. The fourth-order valence-corrected chi connectivity index (χ4v) is 4.10. The van der Waals surface area contributed by atoms with Gasteiger partial charge in [-0.2, -0.15) is 0 Å². The third kappa shape index (κ3) is 2.54. The molecule has 0 aliphatic heterocycles. The maximum atomic E-state index is 2.46. The van der Waals surface area contributed by atoms with Gasteiger partial charge in [0.1, 0.15) is 0 Å². The number of fused-ring (bicyclic) bond motifs is 3. The number of hydrogen-bond acceptors (Lipinski definition) is 0. The fourth-order valence-electron chi connectivity index (χ4n) is 4.10. The lowest BCUT2D eigenvalue weighted by molar-refractivity contribution is 0.217. The van der Waals surface area contributed by atoms with E-state index in [1.165, 1.54) is 32.1 Å². The molecule has 0 unspecified atom stereocenters. The van der Waals surface area contributed by atoms with E-state index < -0.39 is 0 Å². The van der Waals surface area contributed by atoms with Crippen LogP contribution in [0.5, 0.6) is 0 Å². The molecule has 0 spiro atoms. The third-order valence-corrected chi connectivity index (χ3v) is 4.98. The predicted octanol–water partition coefficient (Wildman–Crippen LogP) is 5.27. The van der Waals surface area contributed by atoms with E-state index >= 15 is 0 Å². The highest BCUT2D eigenvalue weighted by atomic mass is 14.4. The van der Waals surface area contributed by atoms with Crippen molar-refractivity contribution >= 4 is 0 Å². The van der Waals surface area contributed by atoms with Crippen LogP contribution < -0.4 is 0 Å². The van der Waals surface area contributed by atoms with E-state index in [4.69, 9.17) is 0 Å². The Bertz CT molecular complexity index is 481. The van der Waals surface area contributed by atoms with Crippen LogP contribution in [0.4, 0.5) is 0 Å². The van der Waals surface area contributed by atoms with Crippen LogP contribution in [0.1, 0.15) is 49.7 Å². The molecule has 100 valence electrons. The lowest BCUT2D eigenvalue weighted by Gasteiger charge is -2.41. The van der Waals surface area contributed by atoms with Gasteiger partial charge in [-0.05, 0) is 61.5 Å². The summed E-state index contributed by atoms with van der Waals surface area (Å²) in [5.74, 6) is 2.49. The van der Waals surface area contributed by atoms with Crippen molar-refractivity contribution in [3.63, 3.8) is 0 Å². The molecule has 3 rings (SSSR count). The van der Waals surface area contributed by atoms with Gasteiger partial charge in [-0.25, -0.2) is 0 Å². The Morgan fingerprint density at radius 3 is 2.84 bits per heavy atom. The van der Waals surface area contributed by atoms with Gasteiger partial charge in [0, 0.05) is 0 Å². The van der Waals surface area contributed by atoms with Crippen molar-refractivity contribution in [3.8, 4) is 0 Å². The molecule has 0 saturated heterocycles. The van der Waals surface area contributed by atoms with Crippen molar-refractivity contribution in [2.24, 2.45) is 11.8 Å². The average molecular weight is 252 g/mol. The zero-order chi connectivity index (χ0) is 13.1. The topological polar surface area (TPSA) is 0 Å². The summed E-state index contributed by atoms with van der Waals surface area (Å²) in [5, 5.41) is 0. The maximum Gasteiger partial charge on any atom is -0.0125 e. The highest BCUT2D eigenvalue weighted by Crippen LogP contribution is 2.48. The summed E-state index contributed by atoms with van der Waals surface area (Å²) in [7, 11) is 0. The van der Waals surface area contributed by atoms with E-state index in [0.29, 0.717) is 0 Å². The summed E-state index contributed by atoms with van der Waals surface area (Å²) in [5.41, 5.74) is 3.27. The Morgan fingerprint density at radius 1 is 1.05 bits per heavy atom. The van der Waals surface area contributed by atoms with Gasteiger partial charge in [0.15, 0.2) is 0 Å². The Kier molecular flexibility index (Phi) is 3.87. The first-order chi connectivity index (χ1) is 9.40. The third-order valence-electron chi connectivity index (χ3n) is 4.98. The first kappa shape index (κ1) is 12.7. The van der Waals surface area contributed by atoms with Gasteiger partial charge in [0.2, 0.25) is 0 Å². The molecule has 0 bridgehead atoms. The molecule has 1 fully saturated rings. The molecule has 1 saturated carbocycles. The zero-order valence-corrected chi connectivity index (χ0v) is 11.9. The van der Waals surface area contributed by atoms with Gasteiger partial charge in [0.25, 0.3) is 0 Å². The largest absolute Gasteiger partial charge is 0.0877 e. The first-order valence-corrected chi connectivity index (χ1v) is 7.77. The highest BCUT2D eigenvalue weighted by Gasteiger charge is 2.36. The molecule has 2 aliphatic carbocycles. The summed E-state index contributed by atoms with van der Waals surface area (Å²) in [6.45, 7) is 2.09. The highest BCUT2D eigenvalue weighted by molar-refractivity contribution is 5.34. The molecule has 0 heterocycles. The number of hydrogen-bond donors (Lipinski definition) is 0. The van der Waals surface area contributed by atoms with E-state index in [1.54, 1.807) is 11.1 Å². The lowest BCUT2D eigenvalue weighted by atomic mass is 9.63. The number of aryl methyl sites for hydroxylation is 1. The van der Waals surface area contributed by atoms with Crippen LogP contribution in [0.15, 0.2) is 48.6 Å². The average Bonchev–Trinajstić information content (AvgIpc) is 2.47. The van der Waals surface area contributed by atoms with E-state index in [2.05, 4.69) is 55.5 Å². The molecule has 0 amide bonds. The molecule has 19 heavy (non-hydrogen) atoms. The molecule has 1 aromatic rings. The molecule has 0 heteroatoms. The molecular formula is C19H24. The molecular weight excluding hydrogens is 228 g/mol. The van der Waals surface area contributed by atoms with E-state index in [-0.39, 0.29) is 0 Å². The van der Waals surface area contributed by atoms with Crippen molar-refractivity contribution < 1.29 is 0 Å². The molecule has 0 radical (unpaired) electrons. The second-order valence-corrected chi connectivity index (χ2v) is 6.01. The van der Waals surface area contributed by atoms with Crippen LogP contribution in [0, 0.1) is 11.8 Å². The maximum absolute atomic E-state index is 2.46. The minimum atomic E-state index is 0.795. The van der Waals surface area contributed by atoms with Gasteiger partial charge in [-0.3, -0.25) is 0 Å². The second-order valence-electron chi connectivity index (χ2n) is 6.01. The van der Waals surface area contributed by atoms with E-state index in [9.17, 15) is 0 Å². The zero-order valence-electron chi connectivity index (χ0n) is 11.9. The van der Waals surface area contributed by atoms with Crippen molar-refractivity contribution in [2.75, 3.05) is 0 Å². The molecule has 2 aliphatic rings. The summed E-state index contributed by atoms with van der Waals surface area (Å²) in [6.07, 6.45) is 15.8. The predicted molar refractivity (Wildman–Crippen MR) is 82.3 cm³/mol. The normalized spacial score (nSPS) is 30.5. The van der Waals surface area contributed by atoms with Crippen molar-refractivity contribution in [1.29, 1.82) is 0 Å². The standard InChI is InChI=1S/C19H24/c1-2-3-4-8-15-10-7-12-19-17-11-6-5-9-16(17)13-14-18(15)19/h2-6,8-9,11,15,18-19H,7,10,12-14H2,1H3/b3-2+,8-4+/t15-,18-,19+/m0/s1. The Morgan fingerprint density at radius 2 is 1.95 bits per heavy atom. The van der Waals surface area contributed by atoms with Crippen LogP contribution in [0.3, 0.4) is 0 Å². The van der Waals surface area contributed by atoms with Crippen molar-refractivity contribution in [3.05, 3.63) is 59.7 Å². The molecule has 0 N–H and O–H groups in total. The SMILES string of the molecule is C/C=C/C=C/[C@H]1CCC[C@@H]2c3ccccc3CC[C@H]21. The van der Waals surface area contributed by atoms with Crippen LogP contribution >= 0.6 is 0 Å². The van der Waals surface area contributed by atoms with Crippen LogP contribution in [-0.2, 0) is 6.42 Å². The van der Waals surface area contributed by atoms with Crippen LogP contribution in [0.25, 0.3) is 0 Å².